The predicted octanol–water partition coefficient (Wildman–Crippen LogP) is 1.50. The zero-order valence-electron chi connectivity index (χ0n) is 12.2. The Kier molecular flexibility index (Phi) is 4.01. The molecule has 110 valence electrons. The van der Waals surface area contributed by atoms with Crippen LogP contribution >= 0.6 is 0 Å². The smallest absolute Gasteiger partial charge is 0.234 e. The average Bonchev–Trinajstić information content (AvgIpc) is 2.82. The lowest BCUT2D eigenvalue weighted by molar-refractivity contribution is -0.121. The number of hydrogen-bond donors (Lipinski definition) is 1. The maximum atomic E-state index is 11.6. The summed E-state index contributed by atoms with van der Waals surface area (Å²) in [7, 11) is 0. The van der Waals surface area contributed by atoms with E-state index in [1.165, 1.54) is 5.56 Å². The fourth-order valence-electron chi connectivity index (χ4n) is 2.66. The van der Waals surface area contributed by atoms with Gasteiger partial charge in [0.2, 0.25) is 5.91 Å². The van der Waals surface area contributed by atoms with Gasteiger partial charge in [-0.05, 0) is 25.0 Å². The number of amides is 1. The second kappa shape index (κ2) is 6.10. The first kappa shape index (κ1) is 13.8. The van der Waals surface area contributed by atoms with Crippen molar-refractivity contribution >= 4 is 5.91 Å². The molecule has 3 rings (SSSR count). The highest BCUT2D eigenvalue weighted by Crippen LogP contribution is 2.14. The largest absolute Gasteiger partial charge is 0.355 e. The minimum Gasteiger partial charge on any atom is -0.355 e. The van der Waals surface area contributed by atoms with E-state index in [9.17, 15) is 4.79 Å². The molecule has 2 aromatic rings. The number of carbonyl (C=O) groups excluding carboxylic acids is 1. The first-order chi connectivity index (χ1) is 10.2. The van der Waals surface area contributed by atoms with Crippen LogP contribution in [0.15, 0.2) is 36.7 Å². The van der Waals surface area contributed by atoms with Crippen molar-refractivity contribution in [1.82, 2.24) is 20.0 Å². The van der Waals surface area contributed by atoms with Gasteiger partial charge in [-0.3, -0.25) is 9.69 Å². The van der Waals surface area contributed by atoms with Crippen molar-refractivity contribution < 1.29 is 4.79 Å². The molecule has 1 aromatic carbocycles. The van der Waals surface area contributed by atoms with Crippen LogP contribution in [0.2, 0.25) is 0 Å². The number of benzene rings is 1. The van der Waals surface area contributed by atoms with Gasteiger partial charge in [-0.15, -0.1) is 0 Å². The second-order valence-corrected chi connectivity index (χ2v) is 5.49. The van der Waals surface area contributed by atoms with E-state index in [1.807, 2.05) is 29.2 Å². The first-order valence-electron chi connectivity index (χ1n) is 7.31. The van der Waals surface area contributed by atoms with Gasteiger partial charge in [0, 0.05) is 31.4 Å². The molecule has 0 saturated carbocycles. The van der Waals surface area contributed by atoms with E-state index in [1.54, 1.807) is 0 Å². The third kappa shape index (κ3) is 3.31. The fourth-order valence-corrected chi connectivity index (χ4v) is 2.66. The monoisotopic (exact) mass is 284 g/mol. The number of hydrogen-bond acceptors (Lipinski definition) is 3. The molecule has 21 heavy (non-hydrogen) atoms. The van der Waals surface area contributed by atoms with Crippen LogP contribution in [0.4, 0.5) is 0 Å². The minimum absolute atomic E-state index is 0.110. The summed E-state index contributed by atoms with van der Waals surface area (Å²) in [6, 6.07) is 8.18. The summed E-state index contributed by atoms with van der Waals surface area (Å²) in [5.41, 5.74) is 3.42. The van der Waals surface area contributed by atoms with Crippen LogP contribution in [-0.2, 0) is 11.3 Å². The molecule has 5 nitrogen and oxygen atoms in total. The molecule has 2 heterocycles. The summed E-state index contributed by atoms with van der Waals surface area (Å²) in [6.45, 7) is 5.02. The number of aromatic nitrogens is 2. The van der Waals surface area contributed by atoms with Crippen LogP contribution in [-0.4, -0.2) is 40.2 Å². The van der Waals surface area contributed by atoms with Crippen LogP contribution < -0.4 is 5.32 Å². The van der Waals surface area contributed by atoms with Crippen molar-refractivity contribution in [1.29, 1.82) is 0 Å². The zero-order valence-corrected chi connectivity index (χ0v) is 12.2. The zero-order chi connectivity index (χ0) is 14.7. The van der Waals surface area contributed by atoms with Gasteiger partial charge >= 0.3 is 0 Å². The van der Waals surface area contributed by atoms with Crippen molar-refractivity contribution in [2.75, 3.05) is 19.6 Å². The van der Waals surface area contributed by atoms with Gasteiger partial charge in [0.25, 0.3) is 0 Å². The molecule has 1 aliphatic rings. The molecule has 1 N–H and O–H groups in total. The lowest BCUT2D eigenvalue weighted by Crippen LogP contribution is -2.32. The topological polar surface area (TPSA) is 50.2 Å². The first-order valence-corrected chi connectivity index (χ1v) is 7.31. The van der Waals surface area contributed by atoms with Crippen LogP contribution in [0.25, 0.3) is 5.69 Å². The van der Waals surface area contributed by atoms with Crippen molar-refractivity contribution in [2.45, 2.75) is 19.9 Å². The van der Waals surface area contributed by atoms with Crippen LogP contribution in [0.5, 0.6) is 0 Å². The van der Waals surface area contributed by atoms with Crippen LogP contribution in [0.3, 0.4) is 0 Å². The molecular formula is C16H20N4O. The fraction of sp³-hybridized carbons (Fsp3) is 0.375. The Hall–Kier alpha value is -2.14. The van der Waals surface area contributed by atoms with E-state index in [-0.39, 0.29) is 5.91 Å². The highest BCUT2D eigenvalue weighted by Gasteiger charge is 2.15. The van der Waals surface area contributed by atoms with Gasteiger partial charge in [0.15, 0.2) is 0 Å². The molecule has 1 aromatic heterocycles. The molecule has 0 atom stereocenters. The maximum absolute atomic E-state index is 11.6. The van der Waals surface area contributed by atoms with Crippen molar-refractivity contribution in [3.05, 3.63) is 47.8 Å². The lowest BCUT2D eigenvalue weighted by Gasteiger charge is -2.16. The van der Waals surface area contributed by atoms with Gasteiger partial charge in [-0.25, -0.2) is 4.68 Å². The SMILES string of the molecule is Cc1ccccc1-n1cc(CN2CCCNC(=O)C2)cn1. The van der Waals surface area contributed by atoms with E-state index in [0.717, 1.165) is 37.3 Å². The third-order valence-corrected chi connectivity index (χ3v) is 3.75. The summed E-state index contributed by atoms with van der Waals surface area (Å²) in [4.78, 5) is 13.7. The third-order valence-electron chi connectivity index (χ3n) is 3.75. The highest BCUT2D eigenvalue weighted by atomic mass is 16.2. The molecule has 0 bridgehead atoms. The molecule has 1 aliphatic heterocycles. The van der Waals surface area contributed by atoms with Crippen LogP contribution in [0, 0.1) is 6.92 Å². The van der Waals surface area contributed by atoms with Crippen molar-refractivity contribution in [2.24, 2.45) is 0 Å². The Labute approximate surface area is 124 Å². The van der Waals surface area contributed by atoms with Crippen molar-refractivity contribution in [3.8, 4) is 5.69 Å². The van der Waals surface area contributed by atoms with Gasteiger partial charge in [-0.1, -0.05) is 18.2 Å². The maximum Gasteiger partial charge on any atom is 0.234 e. The van der Waals surface area contributed by atoms with E-state index >= 15 is 0 Å². The van der Waals surface area contributed by atoms with Gasteiger partial charge < -0.3 is 5.32 Å². The summed E-state index contributed by atoms with van der Waals surface area (Å²) >= 11 is 0. The molecule has 0 unspecified atom stereocenters. The number of carbonyl (C=O) groups is 1. The van der Waals surface area contributed by atoms with E-state index < -0.39 is 0 Å². The molecule has 5 heteroatoms. The lowest BCUT2D eigenvalue weighted by atomic mass is 10.2. The second-order valence-electron chi connectivity index (χ2n) is 5.49. The van der Waals surface area contributed by atoms with E-state index in [0.29, 0.717) is 6.54 Å². The number of nitrogens with one attached hydrogen (secondary N) is 1. The molecule has 0 radical (unpaired) electrons. The molecular weight excluding hydrogens is 264 g/mol. The van der Waals surface area contributed by atoms with Crippen molar-refractivity contribution in [3.63, 3.8) is 0 Å². The summed E-state index contributed by atoms with van der Waals surface area (Å²) in [5.74, 6) is 0.110. The van der Waals surface area contributed by atoms with Gasteiger partial charge in [0.05, 0.1) is 18.4 Å². The predicted molar refractivity (Wildman–Crippen MR) is 81.2 cm³/mol. The Morgan fingerprint density at radius 3 is 3.05 bits per heavy atom. The van der Waals surface area contributed by atoms with E-state index in [2.05, 4.69) is 34.4 Å². The highest BCUT2D eigenvalue weighted by molar-refractivity contribution is 5.78. The average molecular weight is 284 g/mol. The molecule has 1 amide bonds. The molecule has 1 saturated heterocycles. The Bertz CT molecular complexity index is 635. The van der Waals surface area contributed by atoms with Gasteiger partial charge in [0.1, 0.15) is 0 Å². The number of aryl methyl sites for hydroxylation is 1. The Balaban J connectivity index is 1.73. The summed E-state index contributed by atoms with van der Waals surface area (Å²) in [5, 5.41) is 7.34. The number of nitrogens with zero attached hydrogens (tertiary/aromatic N) is 3. The number of para-hydroxylation sites is 1. The molecule has 0 spiro atoms. The molecule has 0 aliphatic carbocycles. The Morgan fingerprint density at radius 2 is 2.19 bits per heavy atom. The quantitative estimate of drug-likeness (QED) is 0.929. The van der Waals surface area contributed by atoms with Gasteiger partial charge in [-0.2, -0.15) is 5.10 Å². The summed E-state index contributed by atoms with van der Waals surface area (Å²) in [6.07, 6.45) is 4.93. The van der Waals surface area contributed by atoms with E-state index in [4.69, 9.17) is 0 Å². The minimum atomic E-state index is 0.110. The van der Waals surface area contributed by atoms with Crippen LogP contribution in [0.1, 0.15) is 17.5 Å². The molecule has 1 fully saturated rings. The standard InChI is InChI=1S/C16H20N4O/c1-13-5-2-3-6-15(13)20-11-14(9-18-20)10-19-8-4-7-17-16(21)12-19/h2-3,5-6,9,11H,4,7-8,10,12H2,1H3,(H,17,21). The normalized spacial score (nSPS) is 16.5. The Morgan fingerprint density at radius 1 is 1.33 bits per heavy atom. The number of rotatable bonds is 3. The summed E-state index contributed by atoms with van der Waals surface area (Å²) < 4.78 is 1.91.